The van der Waals surface area contributed by atoms with Gasteiger partial charge >= 0.3 is 0 Å². The summed E-state index contributed by atoms with van der Waals surface area (Å²) in [6, 6.07) is 0. The SMILES string of the molecule is CC(CO)CCCNC(=O)CC1CC1. The molecule has 1 unspecified atom stereocenters. The number of carbonyl (C=O) groups excluding carboxylic acids is 1. The van der Waals surface area contributed by atoms with Gasteiger partial charge in [0.25, 0.3) is 0 Å². The van der Waals surface area contributed by atoms with Crippen LogP contribution >= 0.6 is 0 Å². The zero-order chi connectivity index (χ0) is 10.4. The molecule has 3 nitrogen and oxygen atoms in total. The lowest BCUT2D eigenvalue weighted by Gasteiger charge is -2.08. The van der Waals surface area contributed by atoms with Gasteiger partial charge in [-0.3, -0.25) is 4.79 Å². The van der Waals surface area contributed by atoms with Crippen molar-refractivity contribution >= 4 is 5.91 Å². The third-order valence-electron chi connectivity index (χ3n) is 2.68. The van der Waals surface area contributed by atoms with Crippen LogP contribution in [0, 0.1) is 11.8 Å². The standard InChI is InChI=1S/C11H21NO2/c1-9(8-13)3-2-6-12-11(14)7-10-4-5-10/h9-10,13H,2-8H2,1H3,(H,12,14). The number of aliphatic hydroxyl groups excluding tert-OH is 1. The molecule has 0 aromatic rings. The van der Waals surface area contributed by atoms with Crippen molar-refractivity contribution in [3.8, 4) is 0 Å². The molecule has 1 aliphatic carbocycles. The second-order valence-electron chi connectivity index (χ2n) is 4.43. The molecule has 0 aliphatic heterocycles. The molecule has 0 saturated heterocycles. The lowest BCUT2D eigenvalue weighted by Crippen LogP contribution is -2.25. The lowest BCUT2D eigenvalue weighted by molar-refractivity contribution is -0.121. The Hall–Kier alpha value is -0.570. The first-order chi connectivity index (χ1) is 6.72. The van der Waals surface area contributed by atoms with Crippen molar-refractivity contribution < 1.29 is 9.90 Å². The summed E-state index contributed by atoms with van der Waals surface area (Å²) in [6.07, 6.45) is 5.14. The minimum Gasteiger partial charge on any atom is -0.396 e. The van der Waals surface area contributed by atoms with Gasteiger partial charge in [0.15, 0.2) is 0 Å². The zero-order valence-corrected chi connectivity index (χ0v) is 8.96. The fourth-order valence-corrected chi connectivity index (χ4v) is 1.43. The summed E-state index contributed by atoms with van der Waals surface area (Å²) >= 11 is 0. The summed E-state index contributed by atoms with van der Waals surface area (Å²) in [6.45, 7) is 3.03. The number of hydrogen-bond donors (Lipinski definition) is 2. The summed E-state index contributed by atoms with van der Waals surface area (Å²) in [4.78, 5) is 11.2. The molecule has 0 heterocycles. The van der Waals surface area contributed by atoms with E-state index in [1.54, 1.807) is 0 Å². The number of aliphatic hydroxyl groups is 1. The van der Waals surface area contributed by atoms with Crippen LogP contribution in [0.2, 0.25) is 0 Å². The summed E-state index contributed by atoms with van der Waals surface area (Å²) < 4.78 is 0. The molecule has 1 rings (SSSR count). The van der Waals surface area contributed by atoms with E-state index in [4.69, 9.17) is 5.11 Å². The number of carbonyl (C=O) groups is 1. The highest BCUT2D eigenvalue weighted by Gasteiger charge is 2.23. The number of nitrogens with one attached hydrogen (secondary N) is 1. The van der Waals surface area contributed by atoms with Gasteiger partial charge in [0.05, 0.1) is 0 Å². The Labute approximate surface area is 85.9 Å². The molecule has 1 saturated carbocycles. The number of amides is 1. The van der Waals surface area contributed by atoms with Crippen LogP contribution < -0.4 is 5.32 Å². The minimum atomic E-state index is 0.198. The van der Waals surface area contributed by atoms with E-state index < -0.39 is 0 Å². The Morgan fingerprint density at radius 1 is 1.57 bits per heavy atom. The molecule has 0 spiro atoms. The smallest absolute Gasteiger partial charge is 0.220 e. The molecular formula is C11H21NO2. The van der Waals surface area contributed by atoms with Crippen LogP contribution in [0.4, 0.5) is 0 Å². The molecular weight excluding hydrogens is 178 g/mol. The molecule has 1 fully saturated rings. The highest BCUT2D eigenvalue weighted by molar-refractivity contribution is 5.76. The lowest BCUT2D eigenvalue weighted by atomic mass is 10.1. The average molecular weight is 199 g/mol. The van der Waals surface area contributed by atoms with Crippen molar-refractivity contribution in [1.29, 1.82) is 0 Å². The summed E-state index contributed by atoms with van der Waals surface area (Å²) in [7, 11) is 0. The van der Waals surface area contributed by atoms with Crippen molar-refractivity contribution in [3.05, 3.63) is 0 Å². The Kier molecular flexibility index (Phi) is 4.94. The van der Waals surface area contributed by atoms with Gasteiger partial charge in [-0.15, -0.1) is 0 Å². The third-order valence-corrected chi connectivity index (χ3v) is 2.68. The van der Waals surface area contributed by atoms with Crippen molar-refractivity contribution in [3.63, 3.8) is 0 Å². The Morgan fingerprint density at radius 2 is 2.29 bits per heavy atom. The molecule has 3 heteroatoms. The highest BCUT2D eigenvalue weighted by Crippen LogP contribution is 2.31. The van der Waals surface area contributed by atoms with Gasteiger partial charge in [0.1, 0.15) is 0 Å². The first kappa shape index (κ1) is 11.5. The Balaban J connectivity index is 1.89. The summed E-state index contributed by atoms with van der Waals surface area (Å²) in [5.41, 5.74) is 0. The maximum Gasteiger partial charge on any atom is 0.220 e. The van der Waals surface area contributed by atoms with Crippen molar-refractivity contribution in [2.45, 2.75) is 39.0 Å². The van der Waals surface area contributed by atoms with E-state index in [9.17, 15) is 4.79 Å². The van der Waals surface area contributed by atoms with E-state index in [1.807, 2.05) is 6.92 Å². The molecule has 0 radical (unpaired) electrons. The highest BCUT2D eigenvalue weighted by atomic mass is 16.3. The topological polar surface area (TPSA) is 49.3 Å². The number of rotatable bonds is 7. The van der Waals surface area contributed by atoms with E-state index in [0.29, 0.717) is 11.8 Å². The minimum absolute atomic E-state index is 0.198. The maximum atomic E-state index is 11.2. The first-order valence-electron chi connectivity index (χ1n) is 5.60. The third kappa shape index (κ3) is 5.22. The maximum absolute atomic E-state index is 11.2. The molecule has 1 atom stereocenters. The van der Waals surface area contributed by atoms with Crippen LogP contribution in [-0.4, -0.2) is 24.2 Å². The second-order valence-corrected chi connectivity index (χ2v) is 4.43. The fraction of sp³-hybridized carbons (Fsp3) is 0.909. The van der Waals surface area contributed by atoms with E-state index in [-0.39, 0.29) is 12.5 Å². The van der Waals surface area contributed by atoms with Gasteiger partial charge < -0.3 is 10.4 Å². The van der Waals surface area contributed by atoms with E-state index in [1.165, 1.54) is 12.8 Å². The predicted molar refractivity (Wildman–Crippen MR) is 55.8 cm³/mol. The largest absolute Gasteiger partial charge is 0.396 e. The molecule has 1 aliphatic rings. The normalized spacial score (nSPS) is 17.9. The van der Waals surface area contributed by atoms with Crippen LogP contribution in [0.15, 0.2) is 0 Å². The van der Waals surface area contributed by atoms with Gasteiger partial charge in [0, 0.05) is 19.6 Å². The molecule has 0 aromatic heterocycles. The zero-order valence-electron chi connectivity index (χ0n) is 8.96. The average Bonchev–Trinajstić information content (AvgIpc) is 2.95. The van der Waals surface area contributed by atoms with E-state index >= 15 is 0 Å². The van der Waals surface area contributed by atoms with Gasteiger partial charge in [-0.05, 0) is 37.5 Å². The molecule has 82 valence electrons. The van der Waals surface area contributed by atoms with Crippen molar-refractivity contribution in [2.24, 2.45) is 11.8 Å². The Morgan fingerprint density at radius 3 is 2.86 bits per heavy atom. The van der Waals surface area contributed by atoms with Gasteiger partial charge in [-0.25, -0.2) is 0 Å². The fourth-order valence-electron chi connectivity index (χ4n) is 1.43. The molecule has 0 bridgehead atoms. The van der Waals surface area contributed by atoms with E-state index in [2.05, 4.69) is 5.32 Å². The van der Waals surface area contributed by atoms with Crippen LogP contribution in [0.5, 0.6) is 0 Å². The molecule has 0 aromatic carbocycles. The quantitative estimate of drug-likeness (QED) is 0.607. The monoisotopic (exact) mass is 199 g/mol. The first-order valence-corrected chi connectivity index (χ1v) is 5.60. The Bertz CT molecular complexity index is 178. The molecule has 14 heavy (non-hydrogen) atoms. The second kappa shape index (κ2) is 6.02. The van der Waals surface area contributed by atoms with Crippen molar-refractivity contribution in [1.82, 2.24) is 5.32 Å². The van der Waals surface area contributed by atoms with Gasteiger partial charge in [-0.1, -0.05) is 6.92 Å². The van der Waals surface area contributed by atoms with Crippen LogP contribution in [0.25, 0.3) is 0 Å². The van der Waals surface area contributed by atoms with Crippen LogP contribution in [0.3, 0.4) is 0 Å². The van der Waals surface area contributed by atoms with Crippen molar-refractivity contribution in [2.75, 3.05) is 13.2 Å². The van der Waals surface area contributed by atoms with E-state index in [0.717, 1.165) is 25.8 Å². The van der Waals surface area contributed by atoms with Gasteiger partial charge in [-0.2, -0.15) is 0 Å². The predicted octanol–water partition coefficient (Wildman–Crippen LogP) is 1.31. The molecule has 1 amide bonds. The van der Waals surface area contributed by atoms with Gasteiger partial charge in [0.2, 0.25) is 5.91 Å². The van der Waals surface area contributed by atoms with Crippen LogP contribution in [-0.2, 0) is 4.79 Å². The summed E-state index contributed by atoms with van der Waals surface area (Å²) in [5.74, 6) is 1.23. The van der Waals surface area contributed by atoms with Crippen LogP contribution in [0.1, 0.15) is 39.0 Å². The molecule has 2 N–H and O–H groups in total. The number of hydrogen-bond acceptors (Lipinski definition) is 2. The summed E-state index contributed by atoms with van der Waals surface area (Å²) in [5, 5.41) is 11.7.